The minimum absolute atomic E-state index is 0.0780. The summed E-state index contributed by atoms with van der Waals surface area (Å²) >= 11 is 3.33. The molecule has 1 aromatic rings. The van der Waals surface area contributed by atoms with Crippen molar-refractivity contribution in [1.29, 1.82) is 0 Å². The van der Waals surface area contributed by atoms with Crippen LogP contribution < -0.4 is 5.73 Å². The molecule has 0 radical (unpaired) electrons. The van der Waals surface area contributed by atoms with Crippen molar-refractivity contribution in [3.63, 3.8) is 0 Å². The van der Waals surface area contributed by atoms with Crippen LogP contribution in [-0.4, -0.2) is 16.8 Å². The second kappa shape index (κ2) is 6.11. The van der Waals surface area contributed by atoms with Crippen molar-refractivity contribution in [2.24, 2.45) is 11.7 Å². The number of hydrogen-bond donors (Lipinski definition) is 1. The molecule has 4 heteroatoms. The Morgan fingerprint density at radius 3 is 2.81 bits per heavy atom. The number of carbonyl (C=O) groups is 1. The van der Waals surface area contributed by atoms with Gasteiger partial charge in [0.2, 0.25) is 0 Å². The predicted molar refractivity (Wildman–Crippen MR) is 68.1 cm³/mol. The number of nitrogens with zero attached hydrogens (tertiary/aromatic N) is 1. The molecule has 1 rings (SSSR count). The molecule has 88 valence electrons. The van der Waals surface area contributed by atoms with E-state index in [9.17, 15) is 4.79 Å². The van der Waals surface area contributed by atoms with Gasteiger partial charge in [-0.15, -0.1) is 0 Å². The van der Waals surface area contributed by atoms with E-state index in [0.29, 0.717) is 6.42 Å². The van der Waals surface area contributed by atoms with Gasteiger partial charge in [-0.3, -0.25) is 9.78 Å². The van der Waals surface area contributed by atoms with E-state index in [4.69, 9.17) is 5.73 Å². The third-order valence-electron chi connectivity index (χ3n) is 2.77. The lowest BCUT2D eigenvalue weighted by Crippen LogP contribution is -2.37. The molecule has 0 fully saturated rings. The van der Waals surface area contributed by atoms with Crippen LogP contribution in [0.2, 0.25) is 0 Å². The van der Waals surface area contributed by atoms with Crippen LogP contribution >= 0.6 is 15.9 Å². The summed E-state index contributed by atoms with van der Waals surface area (Å²) in [7, 11) is 0. The lowest BCUT2D eigenvalue weighted by atomic mass is 9.93. The molecule has 0 saturated heterocycles. The molecule has 0 amide bonds. The molecule has 0 spiro atoms. The average Bonchev–Trinajstić information content (AvgIpc) is 2.27. The summed E-state index contributed by atoms with van der Waals surface area (Å²) in [5.74, 6) is 0.307. The van der Waals surface area contributed by atoms with Crippen molar-refractivity contribution in [3.05, 3.63) is 28.5 Å². The third-order valence-corrected chi connectivity index (χ3v) is 3.20. The Bertz CT molecular complexity index is 368. The maximum atomic E-state index is 11.9. The molecule has 0 aliphatic rings. The summed E-state index contributed by atoms with van der Waals surface area (Å²) in [4.78, 5) is 15.9. The monoisotopic (exact) mass is 284 g/mol. The van der Waals surface area contributed by atoms with Gasteiger partial charge in [-0.25, -0.2) is 0 Å². The Morgan fingerprint density at radius 2 is 2.25 bits per heavy atom. The van der Waals surface area contributed by atoms with Gasteiger partial charge in [0.25, 0.3) is 0 Å². The zero-order chi connectivity index (χ0) is 12.1. The molecule has 2 N–H and O–H groups in total. The van der Waals surface area contributed by atoms with E-state index in [1.54, 1.807) is 12.4 Å². The van der Waals surface area contributed by atoms with Crippen LogP contribution in [0.1, 0.15) is 25.8 Å². The van der Waals surface area contributed by atoms with Crippen molar-refractivity contribution in [2.45, 2.75) is 32.7 Å². The molecule has 2 atom stereocenters. The van der Waals surface area contributed by atoms with Crippen LogP contribution in [0, 0.1) is 5.92 Å². The molecule has 16 heavy (non-hydrogen) atoms. The van der Waals surface area contributed by atoms with Crippen molar-refractivity contribution in [1.82, 2.24) is 4.98 Å². The first-order valence-corrected chi connectivity index (χ1v) is 6.21. The Labute approximate surface area is 105 Å². The van der Waals surface area contributed by atoms with Crippen LogP contribution in [0.4, 0.5) is 0 Å². The molecule has 0 aliphatic carbocycles. The predicted octanol–water partition coefficient (Wildman–Crippen LogP) is 2.33. The summed E-state index contributed by atoms with van der Waals surface area (Å²) in [5.41, 5.74) is 6.78. The van der Waals surface area contributed by atoms with Crippen LogP contribution in [0.5, 0.6) is 0 Å². The van der Waals surface area contributed by atoms with E-state index in [2.05, 4.69) is 20.9 Å². The van der Waals surface area contributed by atoms with Crippen LogP contribution in [0.25, 0.3) is 0 Å². The number of pyridine rings is 1. The molecular formula is C12H17BrN2O. The van der Waals surface area contributed by atoms with Gasteiger partial charge >= 0.3 is 0 Å². The number of carbonyl (C=O) groups excluding carboxylic acids is 1. The minimum atomic E-state index is -0.371. The molecule has 0 aromatic carbocycles. The fourth-order valence-corrected chi connectivity index (χ4v) is 1.86. The van der Waals surface area contributed by atoms with Crippen molar-refractivity contribution >= 4 is 21.7 Å². The van der Waals surface area contributed by atoms with Gasteiger partial charge in [-0.2, -0.15) is 0 Å². The van der Waals surface area contributed by atoms with Crippen LogP contribution in [-0.2, 0) is 11.2 Å². The Hall–Kier alpha value is -0.740. The first-order valence-electron chi connectivity index (χ1n) is 5.42. The normalized spacial score (nSPS) is 14.5. The highest BCUT2D eigenvalue weighted by atomic mass is 79.9. The summed E-state index contributed by atoms with van der Waals surface area (Å²) < 4.78 is 0.884. The van der Waals surface area contributed by atoms with E-state index in [1.165, 1.54) is 0 Å². The molecule has 3 nitrogen and oxygen atoms in total. The second-order valence-electron chi connectivity index (χ2n) is 4.07. The number of rotatable bonds is 5. The maximum absolute atomic E-state index is 11.9. The van der Waals surface area contributed by atoms with Gasteiger partial charge in [0.1, 0.15) is 0 Å². The number of aromatic nitrogens is 1. The van der Waals surface area contributed by atoms with E-state index in [1.807, 2.05) is 19.9 Å². The highest BCUT2D eigenvalue weighted by Gasteiger charge is 2.19. The Balaban J connectivity index is 2.64. The summed E-state index contributed by atoms with van der Waals surface area (Å²) in [6.07, 6.45) is 4.68. The van der Waals surface area contributed by atoms with E-state index >= 15 is 0 Å². The number of halogens is 1. The fraction of sp³-hybridized carbons (Fsp3) is 0.500. The molecule has 1 aromatic heterocycles. The molecular weight excluding hydrogens is 268 g/mol. The zero-order valence-corrected chi connectivity index (χ0v) is 11.2. The number of nitrogens with two attached hydrogens (primary N) is 1. The van der Waals surface area contributed by atoms with Gasteiger partial charge < -0.3 is 5.73 Å². The highest BCUT2D eigenvalue weighted by Crippen LogP contribution is 2.13. The first kappa shape index (κ1) is 13.3. The first-order chi connectivity index (χ1) is 7.54. The average molecular weight is 285 g/mol. The van der Waals surface area contributed by atoms with Crippen LogP contribution in [0.3, 0.4) is 0 Å². The molecule has 2 unspecified atom stereocenters. The summed E-state index contributed by atoms with van der Waals surface area (Å²) in [6, 6.07) is 1.53. The second-order valence-corrected chi connectivity index (χ2v) is 4.98. The summed E-state index contributed by atoms with van der Waals surface area (Å²) in [6.45, 7) is 4.04. The third kappa shape index (κ3) is 3.68. The van der Waals surface area contributed by atoms with Gasteiger partial charge in [-0.05, 0) is 33.5 Å². The van der Waals surface area contributed by atoms with Gasteiger partial charge in [-0.1, -0.05) is 20.3 Å². The topological polar surface area (TPSA) is 56.0 Å². The SMILES string of the molecule is CCC(C)C(N)C(=O)Cc1cncc(Br)c1. The molecule has 0 saturated carbocycles. The standard InChI is InChI=1S/C12H17BrN2O/c1-3-8(2)12(14)11(16)5-9-4-10(13)7-15-6-9/h4,6-8,12H,3,5,14H2,1-2H3. The highest BCUT2D eigenvalue weighted by molar-refractivity contribution is 9.10. The van der Waals surface area contributed by atoms with E-state index in [-0.39, 0.29) is 17.7 Å². The maximum Gasteiger partial charge on any atom is 0.154 e. The van der Waals surface area contributed by atoms with E-state index in [0.717, 1.165) is 16.5 Å². The Kier molecular flexibility index (Phi) is 5.09. The molecule has 0 bridgehead atoms. The quantitative estimate of drug-likeness (QED) is 0.903. The van der Waals surface area contributed by atoms with Crippen LogP contribution in [0.15, 0.2) is 22.9 Å². The molecule has 1 heterocycles. The Morgan fingerprint density at radius 1 is 1.56 bits per heavy atom. The smallest absolute Gasteiger partial charge is 0.154 e. The van der Waals surface area contributed by atoms with Gasteiger partial charge in [0.15, 0.2) is 5.78 Å². The fourth-order valence-electron chi connectivity index (χ4n) is 1.44. The summed E-state index contributed by atoms with van der Waals surface area (Å²) in [5, 5.41) is 0. The van der Waals surface area contributed by atoms with Gasteiger partial charge in [0.05, 0.1) is 6.04 Å². The van der Waals surface area contributed by atoms with Crippen molar-refractivity contribution < 1.29 is 4.79 Å². The molecule has 0 aliphatic heterocycles. The number of ketones is 1. The lowest BCUT2D eigenvalue weighted by molar-refractivity contribution is -0.120. The van der Waals surface area contributed by atoms with Gasteiger partial charge in [0, 0.05) is 23.3 Å². The largest absolute Gasteiger partial charge is 0.321 e. The number of hydrogen-bond acceptors (Lipinski definition) is 3. The van der Waals surface area contributed by atoms with Crippen molar-refractivity contribution in [2.75, 3.05) is 0 Å². The lowest BCUT2D eigenvalue weighted by Gasteiger charge is -2.16. The van der Waals surface area contributed by atoms with E-state index < -0.39 is 0 Å². The van der Waals surface area contributed by atoms with Crippen molar-refractivity contribution in [3.8, 4) is 0 Å². The number of Topliss-reactive ketones (excluding diaryl/α,β-unsaturated/α-hetero) is 1. The minimum Gasteiger partial charge on any atom is -0.321 e. The zero-order valence-electron chi connectivity index (χ0n) is 9.61.